The van der Waals surface area contributed by atoms with E-state index in [1.165, 1.54) is 0 Å². The first kappa shape index (κ1) is 19.0. The molecule has 1 atom stereocenters. The Balaban J connectivity index is 3.27. The van der Waals surface area contributed by atoms with Crippen LogP contribution >= 0.6 is 0 Å². The Labute approximate surface area is 133 Å². The SMILES string of the molecule is COC(=O)c1cc(F)ccc1S(=O)(=O)N[C@H](CC(C)C)C(=O)O. The Hall–Kier alpha value is -2.00. The predicted octanol–water partition coefficient (Wildman–Crippen LogP) is 1.39. The summed E-state index contributed by atoms with van der Waals surface area (Å²) in [7, 11) is -3.33. The summed E-state index contributed by atoms with van der Waals surface area (Å²) in [5, 5.41) is 9.12. The van der Waals surface area contributed by atoms with Crippen LogP contribution in [0.2, 0.25) is 0 Å². The Morgan fingerprint density at radius 1 is 1.35 bits per heavy atom. The first-order valence-corrected chi connectivity index (χ1v) is 8.19. The molecule has 0 aromatic heterocycles. The molecule has 0 saturated heterocycles. The zero-order valence-electron chi connectivity index (χ0n) is 12.9. The summed E-state index contributed by atoms with van der Waals surface area (Å²) in [4.78, 5) is 22.3. The number of nitrogens with one attached hydrogen (secondary N) is 1. The monoisotopic (exact) mass is 347 g/mol. The number of rotatable bonds is 7. The summed E-state index contributed by atoms with van der Waals surface area (Å²) in [6.07, 6.45) is 0.0588. The molecule has 1 aromatic carbocycles. The van der Waals surface area contributed by atoms with Gasteiger partial charge in [-0.3, -0.25) is 4.79 Å². The third-order valence-corrected chi connectivity index (χ3v) is 4.47. The van der Waals surface area contributed by atoms with Crippen LogP contribution in [0.4, 0.5) is 4.39 Å². The van der Waals surface area contributed by atoms with Gasteiger partial charge in [-0.05, 0) is 30.5 Å². The van der Waals surface area contributed by atoms with Crippen molar-refractivity contribution in [3.05, 3.63) is 29.6 Å². The molecule has 7 nitrogen and oxygen atoms in total. The molecular weight excluding hydrogens is 329 g/mol. The van der Waals surface area contributed by atoms with Crippen molar-refractivity contribution in [3.63, 3.8) is 0 Å². The van der Waals surface area contributed by atoms with Crippen LogP contribution in [0, 0.1) is 11.7 Å². The van der Waals surface area contributed by atoms with Crippen LogP contribution in [0.1, 0.15) is 30.6 Å². The number of benzene rings is 1. The van der Waals surface area contributed by atoms with Crippen LogP contribution in [-0.2, 0) is 19.6 Å². The fraction of sp³-hybridized carbons (Fsp3) is 0.429. The molecule has 2 N–H and O–H groups in total. The molecule has 0 aliphatic carbocycles. The summed E-state index contributed by atoms with van der Waals surface area (Å²) < 4.78 is 44.5. The molecule has 0 aliphatic heterocycles. The minimum absolute atomic E-state index is 0.0588. The summed E-state index contributed by atoms with van der Waals surface area (Å²) in [6, 6.07) is 1.10. The van der Waals surface area contributed by atoms with Crippen LogP contribution in [-0.4, -0.2) is 38.6 Å². The number of carbonyl (C=O) groups is 2. The van der Waals surface area contributed by atoms with Crippen molar-refractivity contribution in [2.75, 3.05) is 7.11 Å². The van der Waals surface area contributed by atoms with Gasteiger partial charge in [0.25, 0.3) is 0 Å². The second-order valence-electron chi connectivity index (χ2n) is 5.27. The maximum absolute atomic E-state index is 13.3. The molecule has 1 rings (SSSR count). The number of esters is 1. The molecule has 0 bridgehead atoms. The summed E-state index contributed by atoms with van der Waals surface area (Å²) in [6.45, 7) is 3.48. The normalized spacial score (nSPS) is 12.9. The highest BCUT2D eigenvalue weighted by molar-refractivity contribution is 7.89. The molecule has 0 heterocycles. The van der Waals surface area contributed by atoms with Gasteiger partial charge < -0.3 is 9.84 Å². The van der Waals surface area contributed by atoms with E-state index >= 15 is 0 Å². The molecule has 0 saturated carbocycles. The molecule has 0 radical (unpaired) electrons. The van der Waals surface area contributed by atoms with E-state index in [-0.39, 0.29) is 12.3 Å². The second kappa shape index (κ2) is 7.51. The number of methoxy groups -OCH3 is 1. The van der Waals surface area contributed by atoms with Gasteiger partial charge in [0, 0.05) is 0 Å². The lowest BCUT2D eigenvalue weighted by Crippen LogP contribution is -2.42. The fourth-order valence-electron chi connectivity index (χ4n) is 1.93. The van der Waals surface area contributed by atoms with Gasteiger partial charge in [-0.15, -0.1) is 0 Å². The zero-order valence-corrected chi connectivity index (χ0v) is 13.7. The molecular formula is C14H18FNO6S. The lowest BCUT2D eigenvalue weighted by molar-refractivity contribution is -0.139. The number of hydrogen-bond donors (Lipinski definition) is 2. The predicted molar refractivity (Wildman–Crippen MR) is 78.9 cm³/mol. The fourth-order valence-corrected chi connectivity index (χ4v) is 3.31. The summed E-state index contributed by atoms with van der Waals surface area (Å²) in [5.74, 6) is -3.28. The maximum Gasteiger partial charge on any atom is 0.339 e. The number of hydrogen-bond acceptors (Lipinski definition) is 5. The number of aliphatic carboxylic acids is 1. The van der Waals surface area contributed by atoms with Crippen molar-refractivity contribution in [3.8, 4) is 0 Å². The van der Waals surface area contributed by atoms with E-state index in [0.29, 0.717) is 0 Å². The minimum atomic E-state index is -4.35. The van der Waals surface area contributed by atoms with Crippen molar-refractivity contribution < 1.29 is 32.2 Å². The number of carboxylic acids is 1. The Kier molecular flexibility index (Phi) is 6.22. The molecule has 0 aliphatic rings. The van der Waals surface area contributed by atoms with Gasteiger partial charge in [-0.1, -0.05) is 13.8 Å². The molecule has 0 amide bonds. The molecule has 1 aromatic rings. The van der Waals surface area contributed by atoms with Crippen LogP contribution in [0.3, 0.4) is 0 Å². The Morgan fingerprint density at radius 2 is 1.96 bits per heavy atom. The van der Waals surface area contributed by atoms with Gasteiger partial charge in [-0.2, -0.15) is 4.72 Å². The van der Waals surface area contributed by atoms with Gasteiger partial charge in [-0.25, -0.2) is 17.6 Å². The summed E-state index contributed by atoms with van der Waals surface area (Å²) >= 11 is 0. The van der Waals surface area contributed by atoms with E-state index in [1.807, 2.05) is 4.72 Å². The molecule has 128 valence electrons. The first-order chi connectivity index (χ1) is 10.6. The summed E-state index contributed by atoms with van der Waals surface area (Å²) in [5.41, 5.74) is -0.506. The molecule has 23 heavy (non-hydrogen) atoms. The maximum atomic E-state index is 13.3. The molecule has 0 unspecified atom stereocenters. The van der Waals surface area contributed by atoms with E-state index in [9.17, 15) is 22.4 Å². The highest BCUT2D eigenvalue weighted by atomic mass is 32.2. The average Bonchev–Trinajstić information content (AvgIpc) is 2.44. The number of sulfonamides is 1. The number of halogens is 1. The quantitative estimate of drug-likeness (QED) is 0.721. The molecule has 0 fully saturated rings. The molecule has 0 spiro atoms. The van der Waals surface area contributed by atoms with Crippen LogP contribution in [0.5, 0.6) is 0 Å². The minimum Gasteiger partial charge on any atom is -0.480 e. The van der Waals surface area contributed by atoms with E-state index in [2.05, 4.69) is 4.74 Å². The third-order valence-electron chi connectivity index (χ3n) is 2.94. The standard InChI is InChI=1S/C14H18FNO6S/c1-8(2)6-11(13(17)18)16-23(20,21)12-5-4-9(15)7-10(12)14(19)22-3/h4-5,7-8,11,16H,6H2,1-3H3,(H,17,18)/t11-/m1/s1. The van der Waals surface area contributed by atoms with E-state index in [0.717, 1.165) is 25.3 Å². The lowest BCUT2D eigenvalue weighted by Gasteiger charge is -2.17. The van der Waals surface area contributed by atoms with Crippen LogP contribution in [0.15, 0.2) is 23.1 Å². The van der Waals surface area contributed by atoms with Crippen molar-refractivity contribution >= 4 is 22.0 Å². The van der Waals surface area contributed by atoms with Gasteiger partial charge in [0.1, 0.15) is 11.9 Å². The van der Waals surface area contributed by atoms with Crippen molar-refractivity contribution in [1.82, 2.24) is 4.72 Å². The topological polar surface area (TPSA) is 110 Å². The Morgan fingerprint density at radius 3 is 2.43 bits per heavy atom. The smallest absolute Gasteiger partial charge is 0.339 e. The number of carboxylic acid groups (broad SMARTS) is 1. The van der Waals surface area contributed by atoms with Gasteiger partial charge in [0.2, 0.25) is 10.0 Å². The average molecular weight is 347 g/mol. The molecule has 9 heteroatoms. The van der Waals surface area contributed by atoms with Gasteiger partial charge >= 0.3 is 11.9 Å². The second-order valence-corrected chi connectivity index (χ2v) is 6.96. The lowest BCUT2D eigenvalue weighted by atomic mass is 10.1. The highest BCUT2D eigenvalue weighted by Gasteiger charge is 2.29. The van der Waals surface area contributed by atoms with E-state index in [4.69, 9.17) is 5.11 Å². The zero-order chi connectivity index (χ0) is 17.8. The largest absolute Gasteiger partial charge is 0.480 e. The van der Waals surface area contributed by atoms with E-state index < -0.39 is 44.3 Å². The van der Waals surface area contributed by atoms with Gasteiger partial charge in [0.05, 0.1) is 17.6 Å². The number of ether oxygens (including phenoxy) is 1. The van der Waals surface area contributed by atoms with Gasteiger partial charge in [0.15, 0.2) is 0 Å². The van der Waals surface area contributed by atoms with Crippen molar-refractivity contribution in [1.29, 1.82) is 0 Å². The van der Waals surface area contributed by atoms with Crippen molar-refractivity contribution in [2.24, 2.45) is 5.92 Å². The van der Waals surface area contributed by atoms with E-state index in [1.54, 1.807) is 13.8 Å². The van der Waals surface area contributed by atoms with Crippen LogP contribution in [0.25, 0.3) is 0 Å². The number of carbonyl (C=O) groups excluding carboxylic acids is 1. The highest BCUT2D eigenvalue weighted by Crippen LogP contribution is 2.19. The van der Waals surface area contributed by atoms with Crippen LogP contribution < -0.4 is 4.72 Å². The Bertz CT molecular complexity index is 701. The van der Waals surface area contributed by atoms with Crippen molar-refractivity contribution in [2.45, 2.75) is 31.2 Å². The third kappa shape index (κ3) is 5.00. The first-order valence-electron chi connectivity index (χ1n) is 6.71.